The predicted octanol–water partition coefficient (Wildman–Crippen LogP) is 3.14. The van der Waals surface area contributed by atoms with Gasteiger partial charge in [-0.3, -0.25) is 4.79 Å². The highest BCUT2D eigenvalue weighted by molar-refractivity contribution is 7.99. The Morgan fingerprint density at radius 2 is 2.00 bits per heavy atom. The molecular weight excluding hydrogens is 246 g/mol. The summed E-state index contributed by atoms with van der Waals surface area (Å²) in [6.45, 7) is 5.91. The van der Waals surface area contributed by atoms with Gasteiger partial charge in [-0.15, -0.1) is 11.8 Å². The molecule has 100 valence electrons. The first-order valence-electron chi connectivity index (χ1n) is 6.26. The molecule has 0 heterocycles. The van der Waals surface area contributed by atoms with E-state index < -0.39 is 5.97 Å². The first kappa shape index (κ1) is 15.1. The summed E-state index contributed by atoms with van der Waals surface area (Å²) < 4.78 is 0. The minimum atomic E-state index is -0.730. The van der Waals surface area contributed by atoms with Crippen LogP contribution >= 0.6 is 11.8 Å². The fourth-order valence-corrected chi connectivity index (χ4v) is 2.39. The van der Waals surface area contributed by atoms with Crippen LogP contribution in [0.2, 0.25) is 0 Å². The van der Waals surface area contributed by atoms with Crippen molar-refractivity contribution < 1.29 is 9.90 Å². The molecule has 0 radical (unpaired) electrons. The van der Waals surface area contributed by atoms with Crippen LogP contribution < -0.4 is 5.32 Å². The van der Waals surface area contributed by atoms with Crippen molar-refractivity contribution in [1.29, 1.82) is 0 Å². The van der Waals surface area contributed by atoms with Gasteiger partial charge in [0.05, 0.1) is 0 Å². The van der Waals surface area contributed by atoms with Gasteiger partial charge in [0.1, 0.15) is 0 Å². The Labute approximate surface area is 113 Å². The molecule has 0 atom stereocenters. The van der Waals surface area contributed by atoms with Gasteiger partial charge in [0.25, 0.3) is 0 Å². The van der Waals surface area contributed by atoms with Crippen LogP contribution in [0.5, 0.6) is 0 Å². The lowest BCUT2D eigenvalue weighted by atomic mass is 10.2. The molecule has 0 aliphatic rings. The fourth-order valence-electron chi connectivity index (χ4n) is 1.56. The van der Waals surface area contributed by atoms with Gasteiger partial charge in [-0.2, -0.15) is 0 Å². The van der Waals surface area contributed by atoms with Gasteiger partial charge < -0.3 is 10.4 Å². The Morgan fingerprint density at radius 1 is 1.33 bits per heavy atom. The van der Waals surface area contributed by atoms with E-state index in [4.69, 9.17) is 5.11 Å². The highest BCUT2D eigenvalue weighted by atomic mass is 32.2. The van der Waals surface area contributed by atoms with Crippen LogP contribution in [0.4, 0.5) is 0 Å². The summed E-state index contributed by atoms with van der Waals surface area (Å²) in [4.78, 5) is 11.6. The van der Waals surface area contributed by atoms with E-state index in [0.717, 1.165) is 13.1 Å². The number of carboxylic acid groups (broad SMARTS) is 1. The summed E-state index contributed by atoms with van der Waals surface area (Å²) in [5.41, 5.74) is 1.23. The third-order valence-electron chi connectivity index (χ3n) is 2.37. The van der Waals surface area contributed by atoms with Crippen LogP contribution in [0.3, 0.4) is 0 Å². The Hall–Kier alpha value is -1.00. The molecule has 0 saturated heterocycles. The lowest BCUT2D eigenvalue weighted by Gasteiger charge is -2.07. The Balaban J connectivity index is 2.24. The average Bonchev–Trinajstić information content (AvgIpc) is 2.30. The van der Waals surface area contributed by atoms with E-state index in [-0.39, 0.29) is 6.42 Å². The van der Waals surface area contributed by atoms with E-state index in [1.54, 1.807) is 0 Å². The standard InChI is InChI=1S/C14H21NO2S/c1-11(2)18-13-7-5-12(6-8-13)10-15-9-3-4-14(16)17/h5-8,11,15H,3-4,9-10H2,1-2H3,(H,16,17). The minimum absolute atomic E-state index is 0.233. The number of nitrogens with one attached hydrogen (secondary N) is 1. The SMILES string of the molecule is CC(C)Sc1ccc(CNCCCC(=O)O)cc1. The highest BCUT2D eigenvalue weighted by Crippen LogP contribution is 2.22. The van der Waals surface area contributed by atoms with Crippen LogP contribution in [0.1, 0.15) is 32.3 Å². The highest BCUT2D eigenvalue weighted by Gasteiger charge is 1.99. The zero-order valence-electron chi connectivity index (χ0n) is 11.0. The third kappa shape index (κ3) is 6.67. The predicted molar refractivity (Wildman–Crippen MR) is 76.0 cm³/mol. The van der Waals surface area contributed by atoms with E-state index in [2.05, 4.69) is 43.4 Å². The summed E-state index contributed by atoms with van der Waals surface area (Å²) in [6.07, 6.45) is 0.910. The Bertz CT molecular complexity index is 363. The number of carbonyl (C=O) groups is 1. The molecule has 0 aromatic heterocycles. The monoisotopic (exact) mass is 267 g/mol. The molecule has 0 amide bonds. The Morgan fingerprint density at radius 3 is 2.56 bits per heavy atom. The van der Waals surface area contributed by atoms with Crippen LogP contribution in [0.25, 0.3) is 0 Å². The van der Waals surface area contributed by atoms with Crippen LogP contribution in [-0.2, 0) is 11.3 Å². The van der Waals surface area contributed by atoms with Gasteiger partial charge in [0, 0.05) is 23.1 Å². The van der Waals surface area contributed by atoms with Crippen molar-refractivity contribution >= 4 is 17.7 Å². The van der Waals surface area contributed by atoms with Crippen LogP contribution in [0, 0.1) is 0 Å². The summed E-state index contributed by atoms with van der Waals surface area (Å²) in [6, 6.07) is 8.52. The molecule has 0 bridgehead atoms. The van der Waals surface area contributed by atoms with Crippen LogP contribution in [0.15, 0.2) is 29.2 Å². The van der Waals surface area contributed by atoms with Crippen LogP contribution in [-0.4, -0.2) is 22.9 Å². The fraction of sp³-hybridized carbons (Fsp3) is 0.500. The molecule has 4 heteroatoms. The molecule has 0 aliphatic heterocycles. The molecule has 1 aromatic rings. The van der Waals surface area contributed by atoms with Crippen molar-refractivity contribution in [3.63, 3.8) is 0 Å². The first-order valence-corrected chi connectivity index (χ1v) is 7.14. The van der Waals surface area contributed by atoms with Crippen molar-refractivity contribution in [3.8, 4) is 0 Å². The van der Waals surface area contributed by atoms with E-state index in [0.29, 0.717) is 11.7 Å². The minimum Gasteiger partial charge on any atom is -0.481 e. The van der Waals surface area contributed by atoms with E-state index in [1.807, 2.05) is 11.8 Å². The number of rotatable bonds is 8. The molecule has 0 saturated carbocycles. The molecule has 18 heavy (non-hydrogen) atoms. The van der Waals surface area contributed by atoms with E-state index >= 15 is 0 Å². The zero-order valence-corrected chi connectivity index (χ0v) is 11.8. The number of aliphatic carboxylic acids is 1. The number of carboxylic acids is 1. The summed E-state index contributed by atoms with van der Waals surface area (Å²) in [5.74, 6) is -0.730. The van der Waals surface area contributed by atoms with Gasteiger partial charge in [-0.1, -0.05) is 26.0 Å². The topological polar surface area (TPSA) is 49.3 Å². The van der Waals surface area contributed by atoms with Crippen molar-refractivity contribution in [2.75, 3.05) is 6.54 Å². The largest absolute Gasteiger partial charge is 0.481 e. The second-order valence-electron chi connectivity index (χ2n) is 4.48. The molecule has 3 nitrogen and oxygen atoms in total. The van der Waals surface area contributed by atoms with Gasteiger partial charge in [-0.25, -0.2) is 0 Å². The number of benzene rings is 1. The summed E-state index contributed by atoms with van der Waals surface area (Å²) in [5, 5.41) is 12.4. The van der Waals surface area contributed by atoms with Crippen molar-refractivity contribution in [2.24, 2.45) is 0 Å². The normalized spacial score (nSPS) is 10.8. The van der Waals surface area contributed by atoms with Crippen molar-refractivity contribution in [1.82, 2.24) is 5.32 Å². The van der Waals surface area contributed by atoms with Gasteiger partial charge in [0.15, 0.2) is 0 Å². The molecule has 0 unspecified atom stereocenters. The van der Waals surface area contributed by atoms with Gasteiger partial charge in [-0.05, 0) is 30.7 Å². The average molecular weight is 267 g/mol. The third-order valence-corrected chi connectivity index (χ3v) is 3.38. The molecule has 1 rings (SSSR count). The lowest BCUT2D eigenvalue weighted by Crippen LogP contribution is -2.15. The number of hydrogen-bond donors (Lipinski definition) is 2. The number of hydrogen-bond acceptors (Lipinski definition) is 3. The van der Waals surface area contributed by atoms with Crippen molar-refractivity contribution in [2.45, 2.75) is 43.4 Å². The van der Waals surface area contributed by atoms with E-state index in [9.17, 15) is 4.79 Å². The smallest absolute Gasteiger partial charge is 0.303 e. The Kier molecular flexibility index (Phi) is 6.83. The summed E-state index contributed by atoms with van der Waals surface area (Å²) in [7, 11) is 0. The van der Waals surface area contributed by atoms with E-state index in [1.165, 1.54) is 10.5 Å². The molecule has 1 aromatic carbocycles. The van der Waals surface area contributed by atoms with Gasteiger partial charge in [0.2, 0.25) is 0 Å². The second kappa shape index (κ2) is 8.16. The summed E-state index contributed by atoms with van der Waals surface area (Å²) >= 11 is 1.86. The second-order valence-corrected chi connectivity index (χ2v) is 6.13. The maximum absolute atomic E-state index is 10.3. The quantitative estimate of drug-likeness (QED) is 0.561. The van der Waals surface area contributed by atoms with Crippen molar-refractivity contribution in [3.05, 3.63) is 29.8 Å². The maximum atomic E-state index is 10.3. The molecule has 2 N–H and O–H groups in total. The van der Waals surface area contributed by atoms with Gasteiger partial charge >= 0.3 is 5.97 Å². The molecule has 0 spiro atoms. The first-order chi connectivity index (χ1) is 8.58. The zero-order chi connectivity index (χ0) is 13.4. The lowest BCUT2D eigenvalue weighted by molar-refractivity contribution is -0.137. The molecule has 0 fully saturated rings. The molecule has 0 aliphatic carbocycles. The number of thioether (sulfide) groups is 1. The molecular formula is C14H21NO2S. The maximum Gasteiger partial charge on any atom is 0.303 e.